The Labute approximate surface area is 154 Å². The van der Waals surface area contributed by atoms with E-state index in [-0.39, 0.29) is 11.8 Å². The van der Waals surface area contributed by atoms with Gasteiger partial charge < -0.3 is 20.3 Å². The van der Waals surface area contributed by atoms with Crippen LogP contribution in [0.25, 0.3) is 0 Å². The molecule has 0 spiro atoms. The van der Waals surface area contributed by atoms with E-state index < -0.39 is 0 Å². The highest BCUT2D eigenvalue weighted by molar-refractivity contribution is 6.05. The summed E-state index contributed by atoms with van der Waals surface area (Å²) in [5.41, 5.74) is 2.69. The highest BCUT2D eigenvalue weighted by Gasteiger charge is 2.12. The molecule has 2 amide bonds. The number of nitrogens with zero attached hydrogens (tertiary/aromatic N) is 1. The van der Waals surface area contributed by atoms with Gasteiger partial charge in [0, 0.05) is 37.5 Å². The van der Waals surface area contributed by atoms with Crippen molar-refractivity contribution in [2.75, 3.05) is 36.2 Å². The lowest BCUT2D eigenvalue weighted by molar-refractivity contribution is -0.114. The van der Waals surface area contributed by atoms with Gasteiger partial charge in [0.2, 0.25) is 5.91 Å². The summed E-state index contributed by atoms with van der Waals surface area (Å²) >= 11 is 0. The van der Waals surface area contributed by atoms with Crippen LogP contribution in [0.1, 0.15) is 30.6 Å². The molecule has 0 heterocycles. The maximum atomic E-state index is 12.6. The first-order valence-corrected chi connectivity index (χ1v) is 8.52. The van der Waals surface area contributed by atoms with Crippen molar-refractivity contribution in [2.24, 2.45) is 0 Å². The van der Waals surface area contributed by atoms with Crippen molar-refractivity contribution in [2.45, 2.75) is 20.3 Å². The van der Waals surface area contributed by atoms with Gasteiger partial charge in [-0.2, -0.15) is 0 Å². The van der Waals surface area contributed by atoms with Gasteiger partial charge in [-0.1, -0.05) is 6.92 Å². The summed E-state index contributed by atoms with van der Waals surface area (Å²) in [5, 5.41) is 5.53. The van der Waals surface area contributed by atoms with Gasteiger partial charge in [0.05, 0.1) is 12.8 Å². The molecule has 2 rings (SSSR count). The van der Waals surface area contributed by atoms with E-state index in [1.165, 1.54) is 14.0 Å². The fourth-order valence-corrected chi connectivity index (χ4v) is 2.61. The Bertz CT molecular complexity index is 772. The Hall–Kier alpha value is -3.02. The molecule has 0 saturated carbocycles. The molecule has 6 heteroatoms. The molecule has 0 aliphatic carbocycles. The SMILES string of the molecule is CCCN(C)c1ccc(C(=O)Nc2cc(NC(C)=O)ccc2OC)cc1. The Balaban J connectivity index is 2.17. The van der Waals surface area contributed by atoms with Crippen molar-refractivity contribution < 1.29 is 14.3 Å². The molecule has 0 unspecified atom stereocenters. The zero-order chi connectivity index (χ0) is 19.1. The van der Waals surface area contributed by atoms with Crippen LogP contribution in [-0.2, 0) is 4.79 Å². The zero-order valence-electron chi connectivity index (χ0n) is 15.6. The summed E-state index contributed by atoms with van der Waals surface area (Å²) in [7, 11) is 3.55. The summed E-state index contributed by atoms with van der Waals surface area (Å²) in [6, 6.07) is 12.5. The number of carbonyl (C=O) groups excluding carboxylic acids is 2. The monoisotopic (exact) mass is 355 g/mol. The molecule has 2 aromatic carbocycles. The van der Waals surface area contributed by atoms with E-state index in [1.54, 1.807) is 30.3 Å². The van der Waals surface area contributed by atoms with Gasteiger partial charge in [0.25, 0.3) is 5.91 Å². The van der Waals surface area contributed by atoms with Gasteiger partial charge in [0.1, 0.15) is 5.75 Å². The largest absolute Gasteiger partial charge is 0.495 e. The maximum Gasteiger partial charge on any atom is 0.255 e. The molecule has 0 aromatic heterocycles. The Morgan fingerprint density at radius 3 is 2.35 bits per heavy atom. The average Bonchev–Trinajstić information content (AvgIpc) is 2.62. The number of ether oxygens (including phenoxy) is 1. The molecule has 0 radical (unpaired) electrons. The van der Waals surface area contributed by atoms with Gasteiger partial charge in [0.15, 0.2) is 0 Å². The Kier molecular flexibility index (Phi) is 6.60. The Morgan fingerprint density at radius 1 is 1.08 bits per heavy atom. The van der Waals surface area contributed by atoms with Crippen LogP contribution in [0.5, 0.6) is 5.75 Å². The van der Waals surface area contributed by atoms with Gasteiger partial charge in [-0.15, -0.1) is 0 Å². The molecule has 2 N–H and O–H groups in total. The molecular formula is C20H25N3O3. The molecule has 6 nitrogen and oxygen atoms in total. The molecule has 0 aliphatic rings. The highest BCUT2D eigenvalue weighted by Crippen LogP contribution is 2.28. The van der Waals surface area contributed by atoms with E-state index in [4.69, 9.17) is 4.74 Å². The third-order valence-electron chi connectivity index (χ3n) is 3.90. The van der Waals surface area contributed by atoms with E-state index >= 15 is 0 Å². The van der Waals surface area contributed by atoms with E-state index in [0.29, 0.717) is 22.7 Å². The van der Waals surface area contributed by atoms with Crippen LogP contribution in [-0.4, -0.2) is 32.5 Å². The lowest BCUT2D eigenvalue weighted by Crippen LogP contribution is -2.18. The minimum atomic E-state index is -0.243. The van der Waals surface area contributed by atoms with Crippen molar-refractivity contribution in [1.82, 2.24) is 0 Å². The van der Waals surface area contributed by atoms with Crippen LogP contribution in [0.2, 0.25) is 0 Å². The Morgan fingerprint density at radius 2 is 1.77 bits per heavy atom. The van der Waals surface area contributed by atoms with E-state index in [0.717, 1.165) is 18.7 Å². The standard InChI is InChI=1S/C20H25N3O3/c1-5-12-23(3)17-9-6-15(7-10-17)20(25)22-18-13-16(21-14(2)24)8-11-19(18)26-4/h6-11,13H,5,12H2,1-4H3,(H,21,24)(H,22,25). The lowest BCUT2D eigenvalue weighted by atomic mass is 10.1. The van der Waals surface area contributed by atoms with Crippen molar-refractivity contribution >= 4 is 28.9 Å². The minimum Gasteiger partial charge on any atom is -0.495 e. The summed E-state index contributed by atoms with van der Waals surface area (Å²) in [6.07, 6.45) is 1.06. The van der Waals surface area contributed by atoms with Crippen LogP contribution < -0.4 is 20.3 Å². The number of amides is 2. The molecule has 2 aromatic rings. The predicted octanol–water partition coefficient (Wildman–Crippen LogP) is 3.75. The van der Waals surface area contributed by atoms with E-state index in [2.05, 4.69) is 22.5 Å². The molecule has 0 atom stereocenters. The molecule has 0 bridgehead atoms. The number of carbonyl (C=O) groups is 2. The number of hydrogen-bond donors (Lipinski definition) is 2. The topological polar surface area (TPSA) is 70.7 Å². The second-order valence-corrected chi connectivity index (χ2v) is 6.02. The second kappa shape index (κ2) is 8.89. The first-order chi connectivity index (χ1) is 12.4. The average molecular weight is 355 g/mol. The molecule has 0 fully saturated rings. The van der Waals surface area contributed by atoms with Gasteiger partial charge in [-0.25, -0.2) is 0 Å². The highest BCUT2D eigenvalue weighted by atomic mass is 16.5. The van der Waals surface area contributed by atoms with Crippen molar-refractivity contribution in [3.05, 3.63) is 48.0 Å². The van der Waals surface area contributed by atoms with Crippen LogP contribution in [0.3, 0.4) is 0 Å². The first kappa shape index (κ1) is 19.3. The number of nitrogens with one attached hydrogen (secondary N) is 2. The van der Waals surface area contributed by atoms with Crippen LogP contribution in [0, 0.1) is 0 Å². The van der Waals surface area contributed by atoms with Crippen LogP contribution in [0.15, 0.2) is 42.5 Å². The summed E-state index contributed by atoms with van der Waals surface area (Å²) in [4.78, 5) is 25.9. The molecular weight excluding hydrogens is 330 g/mol. The molecule has 26 heavy (non-hydrogen) atoms. The molecule has 0 saturated heterocycles. The third-order valence-corrected chi connectivity index (χ3v) is 3.90. The fourth-order valence-electron chi connectivity index (χ4n) is 2.61. The number of rotatable bonds is 7. The lowest BCUT2D eigenvalue weighted by Gasteiger charge is -2.18. The van der Waals surface area contributed by atoms with Crippen LogP contribution >= 0.6 is 0 Å². The zero-order valence-corrected chi connectivity index (χ0v) is 15.6. The normalized spacial score (nSPS) is 10.2. The summed E-state index contributed by atoms with van der Waals surface area (Å²) < 4.78 is 5.29. The van der Waals surface area contributed by atoms with Gasteiger partial charge >= 0.3 is 0 Å². The van der Waals surface area contributed by atoms with E-state index in [9.17, 15) is 9.59 Å². The number of benzene rings is 2. The first-order valence-electron chi connectivity index (χ1n) is 8.52. The van der Waals surface area contributed by atoms with Crippen molar-refractivity contribution in [1.29, 1.82) is 0 Å². The van der Waals surface area contributed by atoms with Crippen LogP contribution in [0.4, 0.5) is 17.1 Å². The number of hydrogen-bond acceptors (Lipinski definition) is 4. The quantitative estimate of drug-likeness (QED) is 0.793. The minimum absolute atomic E-state index is 0.181. The van der Waals surface area contributed by atoms with Gasteiger partial charge in [-0.3, -0.25) is 9.59 Å². The van der Waals surface area contributed by atoms with Crippen molar-refractivity contribution in [3.63, 3.8) is 0 Å². The van der Waals surface area contributed by atoms with Gasteiger partial charge in [-0.05, 0) is 48.9 Å². The number of anilines is 3. The molecule has 138 valence electrons. The molecule has 0 aliphatic heterocycles. The van der Waals surface area contributed by atoms with Crippen molar-refractivity contribution in [3.8, 4) is 5.75 Å². The van der Waals surface area contributed by atoms with E-state index in [1.807, 2.05) is 19.2 Å². The summed E-state index contributed by atoms with van der Waals surface area (Å²) in [6.45, 7) is 4.51. The smallest absolute Gasteiger partial charge is 0.255 e. The fraction of sp³-hybridized carbons (Fsp3) is 0.300. The number of methoxy groups -OCH3 is 1. The second-order valence-electron chi connectivity index (χ2n) is 6.02. The third kappa shape index (κ3) is 4.99. The maximum absolute atomic E-state index is 12.6. The predicted molar refractivity (Wildman–Crippen MR) is 105 cm³/mol. The summed E-state index contributed by atoms with van der Waals surface area (Å²) in [5.74, 6) is 0.0963.